The lowest BCUT2D eigenvalue weighted by molar-refractivity contribution is 0.104. The van der Waals surface area contributed by atoms with Crippen molar-refractivity contribution in [2.45, 2.75) is 38.8 Å². The number of benzene rings is 1. The minimum absolute atomic E-state index is 0.265. The van der Waals surface area contributed by atoms with Crippen molar-refractivity contribution < 1.29 is 14.6 Å². The number of nitrogens with one attached hydrogen (secondary N) is 2. The summed E-state index contributed by atoms with van der Waals surface area (Å²) in [4.78, 5) is 10.5. The molecule has 6 heteroatoms. The van der Waals surface area contributed by atoms with E-state index in [1.165, 1.54) is 5.56 Å². The number of amides is 2. The molecule has 0 aliphatic carbocycles. The third-order valence-corrected chi connectivity index (χ3v) is 3.07. The molecule has 0 fully saturated rings. The van der Waals surface area contributed by atoms with Gasteiger partial charge in [-0.25, -0.2) is 4.79 Å². The average Bonchev–Trinajstić information content (AvgIpc) is 2.48. The van der Waals surface area contributed by atoms with Crippen molar-refractivity contribution in [1.82, 2.24) is 10.6 Å². The fourth-order valence-electron chi connectivity index (χ4n) is 1.88. The Labute approximate surface area is 132 Å². The van der Waals surface area contributed by atoms with Crippen LogP contribution in [0, 0.1) is 0 Å². The Kier molecular flexibility index (Phi) is 8.32. The van der Waals surface area contributed by atoms with Gasteiger partial charge in [0.25, 0.3) is 0 Å². The second-order valence-corrected chi connectivity index (χ2v) is 5.57. The van der Waals surface area contributed by atoms with E-state index in [2.05, 4.69) is 10.6 Å². The van der Waals surface area contributed by atoms with Crippen LogP contribution in [0.4, 0.5) is 4.79 Å². The van der Waals surface area contributed by atoms with Gasteiger partial charge in [0.2, 0.25) is 0 Å². The number of carbonyl (C=O) groups excluding carboxylic acids is 1. The molecule has 1 aromatic rings. The Bertz CT molecular complexity index is 435. The predicted molar refractivity (Wildman–Crippen MR) is 87.0 cm³/mol. The number of rotatable bonds is 10. The van der Waals surface area contributed by atoms with E-state index in [1.807, 2.05) is 38.1 Å². The quantitative estimate of drug-likeness (QED) is 0.485. The first-order chi connectivity index (χ1) is 10.5. The smallest absolute Gasteiger partial charge is 0.312 e. The van der Waals surface area contributed by atoms with Crippen LogP contribution < -0.4 is 21.1 Å². The van der Waals surface area contributed by atoms with E-state index in [4.69, 9.17) is 10.5 Å². The van der Waals surface area contributed by atoms with Crippen molar-refractivity contribution >= 4 is 6.03 Å². The fraction of sp³-hybridized carbons (Fsp3) is 0.562. The highest BCUT2D eigenvalue weighted by Crippen LogP contribution is 2.13. The molecule has 1 aromatic carbocycles. The maximum atomic E-state index is 10.5. The molecule has 5 N–H and O–H groups in total. The lowest BCUT2D eigenvalue weighted by Crippen LogP contribution is -2.35. The number of carbonyl (C=O) groups is 1. The van der Waals surface area contributed by atoms with Crippen LogP contribution in [-0.4, -0.2) is 43.0 Å². The number of hydrogen-bond donors (Lipinski definition) is 4. The van der Waals surface area contributed by atoms with Crippen LogP contribution in [0.3, 0.4) is 0 Å². The number of urea groups is 1. The van der Waals surface area contributed by atoms with Crippen LogP contribution in [-0.2, 0) is 6.42 Å². The average molecular weight is 309 g/mol. The molecule has 0 spiro atoms. The van der Waals surface area contributed by atoms with Crippen molar-refractivity contribution in [3.63, 3.8) is 0 Å². The molecule has 1 atom stereocenters. The van der Waals surface area contributed by atoms with E-state index in [0.29, 0.717) is 19.1 Å². The van der Waals surface area contributed by atoms with E-state index in [0.717, 1.165) is 18.6 Å². The van der Waals surface area contributed by atoms with Crippen LogP contribution in [0.25, 0.3) is 0 Å². The van der Waals surface area contributed by atoms with Crippen LogP contribution in [0.2, 0.25) is 0 Å². The lowest BCUT2D eigenvalue weighted by Gasteiger charge is -2.15. The molecule has 0 aromatic heterocycles. The van der Waals surface area contributed by atoms with Gasteiger partial charge < -0.3 is 26.2 Å². The molecule has 124 valence electrons. The van der Waals surface area contributed by atoms with Crippen LogP contribution in [0.1, 0.15) is 25.8 Å². The highest BCUT2D eigenvalue weighted by Gasteiger charge is 2.06. The Hall–Kier alpha value is -1.79. The van der Waals surface area contributed by atoms with Crippen LogP contribution in [0.15, 0.2) is 24.3 Å². The summed E-state index contributed by atoms with van der Waals surface area (Å²) in [5.41, 5.74) is 6.16. The SMILES string of the molecule is CC(C)NCC(O)COc1ccc(CCCNC(N)=O)cc1. The van der Waals surface area contributed by atoms with Gasteiger partial charge in [-0.2, -0.15) is 0 Å². The molecule has 0 aliphatic heterocycles. The molecule has 0 heterocycles. The van der Waals surface area contributed by atoms with Gasteiger partial charge >= 0.3 is 6.03 Å². The zero-order valence-electron chi connectivity index (χ0n) is 13.3. The molecule has 0 saturated heterocycles. The van der Waals surface area contributed by atoms with Gasteiger partial charge in [-0.05, 0) is 30.5 Å². The standard InChI is InChI=1S/C16H27N3O3/c1-12(2)19-10-14(20)11-22-15-7-5-13(6-8-15)4-3-9-18-16(17)21/h5-8,12,14,19-20H,3-4,9-11H2,1-2H3,(H3,17,18,21). The Morgan fingerprint density at radius 1 is 1.32 bits per heavy atom. The van der Waals surface area contributed by atoms with Crippen molar-refractivity contribution in [3.8, 4) is 5.75 Å². The molecule has 1 unspecified atom stereocenters. The first-order valence-corrected chi connectivity index (χ1v) is 7.64. The maximum Gasteiger partial charge on any atom is 0.312 e. The van der Waals surface area contributed by atoms with E-state index < -0.39 is 12.1 Å². The summed E-state index contributed by atoms with van der Waals surface area (Å²) in [6.45, 7) is 5.42. The summed E-state index contributed by atoms with van der Waals surface area (Å²) in [7, 11) is 0. The third kappa shape index (κ3) is 8.49. The topological polar surface area (TPSA) is 96.6 Å². The minimum Gasteiger partial charge on any atom is -0.491 e. The zero-order valence-corrected chi connectivity index (χ0v) is 13.3. The molecular weight excluding hydrogens is 282 g/mol. The van der Waals surface area contributed by atoms with Gasteiger partial charge in [0.05, 0.1) is 0 Å². The molecule has 6 nitrogen and oxygen atoms in total. The lowest BCUT2D eigenvalue weighted by atomic mass is 10.1. The van der Waals surface area contributed by atoms with Gasteiger partial charge in [0.15, 0.2) is 0 Å². The molecule has 0 bridgehead atoms. The first kappa shape index (κ1) is 18.3. The number of hydrogen-bond acceptors (Lipinski definition) is 4. The Morgan fingerprint density at radius 3 is 2.59 bits per heavy atom. The van der Waals surface area contributed by atoms with Crippen LogP contribution >= 0.6 is 0 Å². The Balaban J connectivity index is 2.25. The monoisotopic (exact) mass is 309 g/mol. The maximum absolute atomic E-state index is 10.5. The Morgan fingerprint density at radius 2 is 2.00 bits per heavy atom. The molecule has 1 rings (SSSR count). The molecule has 0 radical (unpaired) electrons. The largest absolute Gasteiger partial charge is 0.491 e. The second kappa shape index (κ2) is 10.0. The molecule has 0 aliphatic rings. The van der Waals surface area contributed by atoms with E-state index in [1.54, 1.807) is 0 Å². The van der Waals surface area contributed by atoms with Crippen molar-refractivity contribution in [2.24, 2.45) is 5.73 Å². The normalized spacial score (nSPS) is 12.2. The summed E-state index contributed by atoms with van der Waals surface area (Å²) in [6, 6.07) is 7.60. The second-order valence-electron chi connectivity index (χ2n) is 5.57. The summed E-state index contributed by atoms with van der Waals surface area (Å²) in [5.74, 6) is 0.739. The van der Waals surface area contributed by atoms with Gasteiger partial charge in [-0.15, -0.1) is 0 Å². The van der Waals surface area contributed by atoms with Gasteiger partial charge in [-0.3, -0.25) is 0 Å². The summed E-state index contributed by atoms with van der Waals surface area (Å²) >= 11 is 0. The first-order valence-electron chi connectivity index (χ1n) is 7.64. The summed E-state index contributed by atoms with van der Waals surface area (Å²) in [5, 5.41) is 15.5. The summed E-state index contributed by atoms with van der Waals surface area (Å²) < 4.78 is 5.55. The number of aliphatic hydroxyl groups is 1. The molecule has 2 amide bonds. The highest BCUT2D eigenvalue weighted by molar-refractivity contribution is 5.71. The van der Waals surface area contributed by atoms with Crippen molar-refractivity contribution in [3.05, 3.63) is 29.8 Å². The highest BCUT2D eigenvalue weighted by atomic mass is 16.5. The van der Waals surface area contributed by atoms with Crippen LogP contribution in [0.5, 0.6) is 5.75 Å². The van der Waals surface area contributed by atoms with Gasteiger partial charge in [-0.1, -0.05) is 26.0 Å². The number of aryl methyl sites for hydroxylation is 1. The van der Waals surface area contributed by atoms with E-state index in [-0.39, 0.29) is 6.61 Å². The number of ether oxygens (including phenoxy) is 1. The van der Waals surface area contributed by atoms with Crippen molar-refractivity contribution in [2.75, 3.05) is 19.7 Å². The van der Waals surface area contributed by atoms with E-state index in [9.17, 15) is 9.90 Å². The fourth-order valence-corrected chi connectivity index (χ4v) is 1.88. The predicted octanol–water partition coefficient (Wildman–Crippen LogP) is 1.03. The van der Waals surface area contributed by atoms with E-state index >= 15 is 0 Å². The number of nitrogens with two attached hydrogens (primary N) is 1. The molecule has 0 saturated carbocycles. The van der Waals surface area contributed by atoms with Gasteiger partial charge in [0.1, 0.15) is 18.5 Å². The van der Waals surface area contributed by atoms with Crippen molar-refractivity contribution in [1.29, 1.82) is 0 Å². The third-order valence-electron chi connectivity index (χ3n) is 3.07. The number of aliphatic hydroxyl groups excluding tert-OH is 1. The molecule has 22 heavy (non-hydrogen) atoms. The number of primary amides is 1. The summed E-state index contributed by atoms with van der Waals surface area (Å²) in [6.07, 6.45) is 1.17. The van der Waals surface area contributed by atoms with Gasteiger partial charge in [0, 0.05) is 19.1 Å². The molecular formula is C16H27N3O3. The zero-order chi connectivity index (χ0) is 16.4. The minimum atomic E-state index is -0.526.